The zero-order valence-corrected chi connectivity index (χ0v) is 25.3. The van der Waals surface area contributed by atoms with E-state index in [9.17, 15) is 14.0 Å². The highest BCUT2D eigenvalue weighted by Crippen LogP contribution is 2.23. The van der Waals surface area contributed by atoms with Crippen LogP contribution in [0, 0.1) is 11.7 Å². The highest BCUT2D eigenvalue weighted by atomic mass is 19.1. The van der Waals surface area contributed by atoms with Gasteiger partial charge in [0.2, 0.25) is 0 Å². The minimum Gasteiger partial charge on any atom is -0.497 e. The van der Waals surface area contributed by atoms with Crippen molar-refractivity contribution in [1.82, 2.24) is 10.1 Å². The maximum absolute atomic E-state index is 14.4. The summed E-state index contributed by atoms with van der Waals surface area (Å²) in [4.78, 5) is 25.8. The van der Waals surface area contributed by atoms with E-state index in [0.29, 0.717) is 11.4 Å². The summed E-state index contributed by atoms with van der Waals surface area (Å²) >= 11 is 0. The summed E-state index contributed by atoms with van der Waals surface area (Å²) in [6, 6.07) is 28.3. The lowest BCUT2D eigenvalue weighted by Crippen LogP contribution is -2.05. The molecule has 230 valence electrons. The van der Waals surface area contributed by atoms with Crippen LogP contribution < -0.4 is 10.5 Å². The largest absolute Gasteiger partial charge is 0.497 e. The molecule has 1 N–H and O–H groups in total. The van der Waals surface area contributed by atoms with E-state index in [1.54, 1.807) is 25.3 Å². The molecule has 1 atom stereocenters. The lowest BCUT2D eigenvalue weighted by atomic mass is 9.90. The maximum atomic E-state index is 14.4. The topological polar surface area (TPSA) is 94.4 Å². The summed E-state index contributed by atoms with van der Waals surface area (Å²) in [6.45, 7) is 0. The number of hydrogen-bond acceptors (Lipinski definition) is 6. The standard InChI is InChI=1S/C37H35FN2O5/c1-43-34-21-11-26(12-22-34)5-13-29-19-20-33(38)24-32(29)18-10-27(23-28-8-16-31(17-9-28)36(41)44-2)4-3-25-6-14-30(15-7-25)35-39-37(42)45-40-35/h6-12,14-22,24,27H,3-5,13,23H2,1-2H3,(H,39,40,42)/b18-10+. The van der Waals surface area contributed by atoms with Crippen LogP contribution in [0.15, 0.2) is 106 Å². The second kappa shape index (κ2) is 15.0. The van der Waals surface area contributed by atoms with Crippen LogP contribution in [0.25, 0.3) is 17.5 Å². The number of aromatic amines is 1. The number of methoxy groups -OCH3 is 2. The summed E-state index contributed by atoms with van der Waals surface area (Å²) in [5, 5.41) is 3.75. The molecule has 45 heavy (non-hydrogen) atoms. The predicted molar refractivity (Wildman–Crippen MR) is 172 cm³/mol. The maximum Gasteiger partial charge on any atom is 0.439 e. The second-order valence-electron chi connectivity index (χ2n) is 10.9. The second-order valence-corrected chi connectivity index (χ2v) is 10.9. The Balaban J connectivity index is 1.33. The van der Waals surface area contributed by atoms with Crippen molar-refractivity contribution in [2.45, 2.75) is 32.1 Å². The van der Waals surface area contributed by atoms with Crippen molar-refractivity contribution in [3.05, 3.63) is 147 Å². The summed E-state index contributed by atoms with van der Waals surface area (Å²) in [5.41, 5.74) is 6.61. The monoisotopic (exact) mass is 606 g/mol. The van der Waals surface area contributed by atoms with Gasteiger partial charge in [0.15, 0.2) is 5.82 Å². The molecule has 0 saturated carbocycles. The summed E-state index contributed by atoms with van der Waals surface area (Å²) < 4.78 is 29.1. The summed E-state index contributed by atoms with van der Waals surface area (Å²) in [6.07, 6.45) is 8.18. The zero-order valence-electron chi connectivity index (χ0n) is 25.3. The van der Waals surface area contributed by atoms with E-state index in [1.165, 1.54) is 18.7 Å². The van der Waals surface area contributed by atoms with Crippen molar-refractivity contribution in [1.29, 1.82) is 0 Å². The van der Waals surface area contributed by atoms with Gasteiger partial charge in [-0.05, 0) is 102 Å². The van der Waals surface area contributed by atoms with Gasteiger partial charge in [-0.25, -0.2) is 14.0 Å². The number of nitrogens with one attached hydrogen (secondary N) is 1. The van der Waals surface area contributed by atoms with Gasteiger partial charge in [-0.1, -0.05) is 71.9 Å². The van der Waals surface area contributed by atoms with Gasteiger partial charge in [0.25, 0.3) is 0 Å². The van der Waals surface area contributed by atoms with Gasteiger partial charge in [0.05, 0.1) is 19.8 Å². The number of H-pyrrole nitrogens is 1. The first-order chi connectivity index (χ1) is 21.9. The van der Waals surface area contributed by atoms with E-state index in [-0.39, 0.29) is 17.7 Å². The number of aromatic nitrogens is 2. The SMILES string of the molecule is COC(=O)c1ccc(CC(/C=C/c2cc(F)ccc2CCc2ccc(OC)cc2)CCc2ccc(-c3noc(=O)[nH]3)cc2)cc1. The lowest BCUT2D eigenvalue weighted by Gasteiger charge is -2.15. The van der Waals surface area contributed by atoms with Crippen molar-refractivity contribution < 1.29 is 23.2 Å². The number of allylic oxidation sites excluding steroid dienone is 1. The van der Waals surface area contributed by atoms with Crippen LogP contribution in [0.5, 0.6) is 5.75 Å². The van der Waals surface area contributed by atoms with Gasteiger partial charge in [0, 0.05) is 5.56 Å². The normalized spacial score (nSPS) is 11.9. The molecule has 0 aliphatic rings. The molecular weight excluding hydrogens is 571 g/mol. The van der Waals surface area contributed by atoms with Gasteiger partial charge in [-0.2, -0.15) is 0 Å². The van der Waals surface area contributed by atoms with Gasteiger partial charge >= 0.3 is 11.7 Å². The number of aryl methyl sites for hydroxylation is 3. The Bertz CT molecular complexity index is 1790. The Morgan fingerprint density at radius 3 is 2.24 bits per heavy atom. The fourth-order valence-corrected chi connectivity index (χ4v) is 5.26. The van der Waals surface area contributed by atoms with Crippen LogP contribution in [-0.2, 0) is 30.4 Å². The van der Waals surface area contributed by atoms with Gasteiger partial charge in [-0.3, -0.25) is 9.51 Å². The number of carbonyl (C=O) groups excluding carboxylic acids is 1. The van der Waals surface area contributed by atoms with Crippen molar-refractivity contribution in [3.63, 3.8) is 0 Å². The van der Waals surface area contributed by atoms with Crippen LogP contribution in [0.4, 0.5) is 4.39 Å². The first kappa shape index (κ1) is 31.2. The van der Waals surface area contributed by atoms with Crippen LogP contribution in [0.1, 0.15) is 44.6 Å². The molecule has 1 aromatic heterocycles. The van der Waals surface area contributed by atoms with Crippen molar-refractivity contribution in [3.8, 4) is 17.1 Å². The third kappa shape index (κ3) is 8.66. The summed E-state index contributed by atoms with van der Waals surface area (Å²) in [5.74, 6) is 0.109. The fraction of sp³-hybridized carbons (Fsp3) is 0.216. The highest BCUT2D eigenvalue weighted by Gasteiger charge is 2.12. The average Bonchev–Trinajstić information content (AvgIpc) is 3.52. The number of hydrogen-bond donors (Lipinski definition) is 1. The molecule has 0 amide bonds. The molecule has 0 saturated heterocycles. The predicted octanol–water partition coefficient (Wildman–Crippen LogP) is 7.25. The number of benzene rings is 4. The summed E-state index contributed by atoms with van der Waals surface area (Å²) in [7, 11) is 3.02. The highest BCUT2D eigenvalue weighted by molar-refractivity contribution is 5.89. The van der Waals surface area contributed by atoms with Gasteiger partial charge in [-0.15, -0.1) is 0 Å². The Morgan fingerprint density at radius 1 is 0.889 bits per heavy atom. The zero-order chi connectivity index (χ0) is 31.6. The molecular formula is C37H35FN2O5. The quantitative estimate of drug-likeness (QED) is 0.142. The van der Waals surface area contributed by atoms with Crippen molar-refractivity contribution in [2.75, 3.05) is 14.2 Å². The van der Waals surface area contributed by atoms with Crippen LogP contribution in [0.3, 0.4) is 0 Å². The molecule has 0 aliphatic carbocycles. The van der Waals surface area contributed by atoms with Gasteiger partial charge < -0.3 is 9.47 Å². The van der Waals surface area contributed by atoms with Crippen molar-refractivity contribution >= 4 is 12.0 Å². The fourth-order valence-electron chi connectivity index (χ4n) is 5.26. The number of halogens is 1. The smallest absolute Gasteiger partial charge is 0.439 e. The molecule has 1 heterocycles. The number of nitrogens with zero attached hydrogens (tertiary/aromatic N) is 1. The Kier molecular flexibility index (Phi) is 10.4. The van der Waals surface area contributed by atoms with Crippen LogP contribution >= 0.6 is 0 Å². The third-order valence-corrected chi connectivity index (χ3v) is 7.84. The number of esters is 1. The van der Waals surface area contributed by atoms with E-state index < -0.39 is 5.76 Å². The molecule has 7 nitrogen and oxygen atoms in total. The van der Waals surface area contributed by atoms with E-state index in [4.69, 9.17) is 9.47 Å². The Hall–Kier alpha value is -5.24. The molecule has 1 unspecified atom stereocenters. The Morgan fingerprint density at radius 2 is 1.58 bits per heavy atom. The number of ether oxygens (including phenoxy) is 2. The number of carbonyl (C=O) groups is 1. The Labute approximate surface area is 261 Å². The minimum absolute atomic E-state index is 0.137. The van der Waals surface area contributed by atoms with Gasteiger partial charge in [0.1, 0.15) is 11.6 Å². The molecule has 8 heteroatoms. The molecule has 5 rings (SSSR count). The molecule has 5 aromatic rings. The molecule has 0 bridgehead atoms. The lowest BCUT2D eigenvalue weighted by molar-refractivity contribution is 0.0600. The minimum atomic E-state index is -0.592. The molecule has 0 fully saturated rings. The third-order valence-electron chi connectivity index (χ3n) is 7.84. The van der Waals surface area contributed by atoms with E-state index in [0.717, 1.165) is 65.7 Å². The van der Waals surface area contributed by atoms with Crippen LogP contribution in [-0.4, -0.2) is 30.3 Å². The molecule has 0 radical (unpaired) electrons. The van der Waals surface area contributed by atoms with Crippen LogP contribution in [0.2, 0.25) is 0 Å². The number of rotatable bonds is 13. The van der Waals surface area contributed by atoms with E-state index in [1.807, 2.05) is 60.7 Å². The molecule has 0 spiro atoms. The van der Waals surface area contributed by atoms with Crippen molar-refractivity contribution in [2.24, 2.45) is 5.92 Å². The van der Waals surface area contributed by atoms with E-state index in [2.05, 4.69) is 32.9 Å². The first-order valence-electron chi connectivity index (χ1n) is 14.8. The molecule has 0 aliphatic heterocycles. The molecule has 4 aromatic carbocycles. The average molecular weight is 607 g/mol. The first-order valence-corrected chi connectivity index (χ1v) is 14.8. The van der Waals surface area contributed by atoms with E-state index >= 15 is 0 Å².